The maximum atomic E-state index is 14.6. The van der Waals surface area contributed by atoms with Gasteiger partial charge in [0.2, 0.25) is 0 Å². The molecule has 1 fully saturated rings. The molecule has 1 aromatic heterocycles. The Morgan fingerprint density at radius 1 is 0.935 bits per heavy atom. The molecule has 0 saturated carbocycles. The summed E-state index contributed by atoms with van der Waals surface area (Å²) < 4.78 is 22.0. The van der Waals surface area contributed by atoms with Crippen LogP contribution in [0.5, 0.6) is 5.75 Å². The molecule has 2 aliphatic heterocycles. The average molecular weight is 418 g/mol. The van der Waals surface area contributed by atoms with Crippen molar-refractivity contribution in [2.45, 2.75) is 18.9 Å². The van der Waals surface area contributed by atoms with Gasteiger partial charge in [0.05, 0.1) is 0 Å². The number of rotatable bonds is 4. The molecule has 0 N–H and O–H groups in total. The van der Waals surface area contributed by atoms with E-state index in [2.05, 4.69) is 0 Å². The van der Waals surface area contributed by atoms with Crippen LogP contribution in [0, 0.1) is 11.7 Å². The second-order valence-corrected chi connectivity index (χ2v) is 8.26. The third-order valence-electron chi connectivity index (χ3n) is 6.21. The summed E-state index contributed by atoms with van der Waals surface area (Å²) in [4.78, 5) is 27.3. The van der Waals surface area contributed by atoms with Crippen molar-refractivity contribution >= 4 is 5.91 Å². The van der Waals surface area contributed by atoms with E-state index in [-0.39, 0.29) is 35.7 Å². The van der Waals surface area contributed by atoms with Crippen molar-refractivity contribution in [3.63, 3.8) is 0 Å². The van der Waals surface area contributed by atoms with Gasteiger partial charge in [0, 0.05) is 48.4 Å². The van der Waals surface area contributed by atoms with Crippen LogP contribution in [0.1, 0.15) is 18.0 Å². The first-order valence-electron chi connectivity index (χ1n) is 10.5. The van der Waals surface area contributed by atoms with E-state index in [1.807, 2.05) is 35.2 Å². The lowest BCUT2D eigenvalue weighted by Gasteiger charge is -2.43. The van der Waals surface area contributed by atoms with Gasteiger partial charge in [0.1, 0.15) is 11.6 Å². The highest BCUT2D eigenvalue weighted by Gasteiger charge is 2.38. The van der Waals surface area contributed by atoms with E-state index in [4.69, 9.17) is 4.74 Å². The van der Waals surface area contributed by atoms with Gasteiger partial charge in [-0.25, -0.2) is 4.39 Å². The zero-order valence-corrected chi connectivity index (χ0v) is 17.0. The van der Waals surface area contributed by atoms with Crippen LogP contribution < -0.4 is 10.3 Å². The Balaban J connectivity index is 1.43. The quantitative estimate of drug-likeness (QED) is 0.650. The fraction of sp³-hybridized carbons (Fsp3) is 0.280. The van der Waals surface area contributed by atoms with Crippen molar-refractivity contribution in [1.29, 1.82) is 0 Å². The molecule has 0 spiro atoms. The van der Waals surface area contributed by atoms with Gasteiger partial charge >= 0.3 is 0 Å². The molecule has 0 aliphatic carbocycles. The number of carbonyl (C=O) groups excluding carboxylic acids is 1. The first kappa shape index (κ1) is 19.5. The smallest absolute Gasteiger partial charge is 0.260 e. The van der Waals surface area contributed by atoms with E-state index in [0.717, 1.165) is 17.7 Å². The molecular formula is C25H23FN2O3. The van der Waals surface area contributed by atoms with Gasteiger partial charge in [-0.2, -0.15) is 0 Å². The minimum Gasteiger partial charge on any atom is -0.484 e. The minimum absolute atomic E-state index is 0.0170. The second-order valence-electron chi connectivity index (χ2n) is 8.26. The molecule has 3 aromatic rings. The van der Waals surface area contributed by atoms with Gasteiger partial charge in [-0.15, -0.1) is 0 Å². The Kier molecular flexibility index (Phi) is 5.06. The lowest BCUT2D eigenvalue weighted by Crippen LogP contribution is -2.50. The van der Waals surface area contributed by atoms with E-state index in [1.54, 1.807) is 28.8 Å². The SMILES string of the molecule is O=C(COc1ccccc1)N1C[C@H]2C[C@H](C1)c1c(-c3ccccc3F)ccc(=O)n1C2. The molecule has 2 aliphatic rings. The third kappa shape index (κ3) is 3.74. The van der Waals surface area contributed by atoms with Gasteiger partial charge in [0.15, 0.2) is 6.61 Å². The van der Waals surface area contributed by atoms with Crippen LogP contribution in [0.3, 0.4) is 0 Å². The van der Waals surface area contributed by atoms with Gasteiger partial charge in [-0.3, -0.25) is 9.59 Å². The number of benzene rings is 2. The Hall–Kier alpha value is -3.41. The lowest BCUT2D eigenvalue weighted by molar-refractivity contribution is -0.136. The molecule has 5 rings (SSSR count). The maximum Gasteiger partial charge on any atom is 0.260 e. The fourth-order valence-corrected chi connectivity index (χ4v) is 4.88. The Morgan fingerprint density at radius 3 is 2.52 bits per heavy atom. The Morgan fingerprint density at radius 2 is 1.71 bits per heavy atom. The highest BCUT2D eigenvalue weighted by molar-refractivity contribution is 5.78. The predicted molar refractivity (Wildman–Crippen MR) is 115 cm³/mol. The van der Waals surface area contributed by atoms with E-state index in [9.17, 15) is 14.0 Å². The summed E-state index contributed by atoms with van der Waals surface area (Å²) in [6.07, 6.45) is 0.883. The zero-order chi connectivity index (χ0) is 21.4. The van der Waals surface area contributed by atoms with E-state index in [1.165, 1.54) is 12.1 Å². The molecule has 1 saturated heterocycles. The highest BCUT2D eigenvalue weighted by Crippen LogP contribution is 2.40. The number of hydrogen-bond acceptors (Lipinski definition) is 3. The van der Waals surface area contributed by atoms with Crippen molar-refractivity contribution < 1.29 is 13.9 Å². The normalized spacial score (nSPS) is 19.6. The standard InChI is InChI=1S/C25H23FN2O3/c26-22-9-5-4-8-20(22)21-10-11-23(29)28-14-17-12-18(25(21)28)15-27(13-17)24(30)16-31-19-6-2-1-3-7-19/h1-11,17-18H,12-16H2/t17-,18-/m1/s1. The molecular weight excluding hydrogens is 395 g/mol. The molecule has 6 heteroatoms. The van der Waals surface area contributed by atoms with Crippen LogP contribution in [0.4, 0.5) is 4.39 Å². The molecule has 2 atom stereocenters. The number of amides is 1. The molecule has 3 heterocycles. The summed E-state index contributed by atoms with van der Waals surface area (Å²) in [5.41, 5.74) is 1.98. The summed E-state index contributed by atoms with van der Waals surface area (Å²) in [5, 5.41) is 0. The Labute approximate surface area is 179 Å². The molecule has 158 valence electrons. The highest BCUT2D eigenvalue weighted by atomic mass is 19.1. The number of likely N-dealkylation sites (tertiary alicyclic amines) is 1. The van der Waals surface area contributed by atoms with E-state index < -0.39 is 0 Å². The topological polar surface area (TPSA) is 51.5 Å². The molecule has 0 radical (unpaired) electrons. The summed E-state index contributed by atoms with van der Waals surface area (Å²) in [6.45, 7) is 1.61. The fourth-order valence-electron chi connectivity index (χ4n) is 4.88. The molecule has 0 unspecified atom stereocenters. The van der Waals surface area contributed by atoms with E-state index in [0.29, 0.717) is 30.9 Å². The van der Waals surface area contributed by atoms with E-state index >= 15 is 0 Å². The van der Waals surface area contributed by atoms with Crippen LogP contribution in [0.15, 0.2) is 71.5 Å². The Bertz CT molecular complexity index is 1170. The van der Waals surface area contributed by atoms with Crippen molar-refractivity contribution in [3.05, 3.63) is 88.6 Å². The molecule has 2 bridgehead atoms. The van der Waals surface area contributed by atoms with Crippen LogP contribution in [-0.2, 0) is 11.3 Å². The first-order chi connectivity index (χ1) is 15.1. The monoisotopic (exact) mass is 418 g/mol. The second kappa shape index (κ2) is 8.02. The van der Waals surface area contributed by atoms with Crippen LogP contribution in [0.25, 0.3) is 11.1 Å². The predicted octanol–water partition coefficient (Wildman–Crippen LogP) is 3.68. The lowest BCUT2D eigenvalue weighted by atomic mass is 9.80. The summed E-state index contributed by atoms with van der Waals surface area (Å²) in [5.74, 6) is 0.452. The van der Waals surface area contributed by atoms with Crippen molar-refractivity contribution in [2.24, 2.45) is 5.92 Å². The number of ether oxygens (including phenoxy) is 1. The minimum atomic E-state index is -0.314. The van der Waals surface area contributed by atoms with Crippen LogP contribution in [-0.4, -0.2) is 35.1 Å². The number of hydrogen-bond donors (Lipinski definition) is 0. The molecule has 2 aromatic carbocycles. The molecule has 1 amide bonds. The van der Waals surface area contributed by atoms with Gasteiger partial charge in [-0.05, 0) is 36.6 Å². The third-order valence-corrected chi connectivity index (χ3v) is 6.21. The number of nitrogens with zero attached hydrogens (tertiary/aromatic N) is 2. The molecule has 31 heavy (non-hydrogen) atoms. The number of piperidine rings is 1. The largest absolute Gasteiger partial charge is 0.484 e. The maximum absolute atomic E-state index is 14.6. The number of aromatic nitrogens is 1. The summed E-state index contributed by atoms with van der Waals surface area (Å²) >= 11 is 0. The van der Waals surface area contributed by atoms with Gasteiger partial charge in [0.25, 0.3) is 11.5 Å². The van der Waals surface area contributed by atoms with Crippen molar-refractivity contribution in [3.8, 4) is 16.9 Å². The van der Waals surface area contributed by atoms with Gasteiger partial charge in [-0.1, -0.05) is 36.4 Å². The van der Waals surface area contributed by atoms with Crippen molar-refractivity contribution in [2.75, 3.05) is 19.7 Å². The van der Waals surface area contributed by atoms with Crippen molar-refractivity contribution in [1.82, 2.24) is 9.47 Å². The average Bonchev–Trinajstić information content (AvgIpc) is 2.79. The van der Waals surface area contributed by atoms with Gasteiger partial charge < -0.3 is 14.2 Å². The number of pyridine rings is 1. The number of para-hydroxylation sites is 1. The number of halogens is 1. The number of fused-ring (bicyclic) bond motifs is 4. The van der Waals surface area contributed by atoms with Crippen LogP contribution >= 0.6 is 0 Å². The summed E-state index contributed by atoms with van der Waals surface area (Å²) in [6, 6.07) is 19.1. The van der Waals surface area contributed by atoms with Crippen LogP contribution in [0.2, 0.25) is 0 Å². The summed E-state index contributed by atoms with van der Waals surface area (Å²) in [7, 11) is 0. The number of carbonyl (C=O) groups is 1. The first-order valence-corrected chi connectivity index (χ1v) is 10.5. The zero-order valence-electron chi connectivity index (χ0n) is 17.0. The molecule has 5 nitrogen and oxygen atoms in total.